The van der Waals surface area contributed by atoms with Crippen molar-refractivity contribution in [2.75, 3.05) is 12.4 Å². The van der Waals surface area contributed by atoms with E-state index in [1.54, 1.807) is 0 Å². The average Bonchev–Trinajstić information content (AvgIpc) is 2.85. The van der Waals surface area contributed by atoms with E-state index in [1.165, 1.54) is 17.5 Å². The molecule has 0 bridgehead atoms. The van der Waals surface area contributed by atoms with Crippen LogP contribution in [0.25, 0.3) is 0 Å². The lowest BCUT2D eigenvalue weighted by Gasteiger charge is -2.25. The van der Waals surface area contributed by atoms with Crippen molar-refractivity contribution in [2.45, 2.75) is 31.6 Å². The molecule has 3 rings (SSSR count). The number of fused-ring (bicyclic) bond motifs is 1. The Balaban J connectivity index is 2.09. The highest BCUT2D eigenvalue weighted by Crippen LogP contribution is 2.44. The Bertz CT molecular complexity index is 533. The van der Waals surface area contributed by atoms with Crippen LogP contribution < -0.4 is 5.32 Å². The molecule has 0 amide bonds. The van der Waals surface area contributed by atoms with E-state index in [1.807, 2.05) is 7.05 Å². The molecule has 2 aromatic rings. The lowest BCUT2D eigenvalue weighted by Crippen LogP contribution is -2.14. The van der Waals surface area contributed by atoms with Gasteiger partial charge in [-0.15, -0.1) is 0 Å². The van der Waals surface area contributed by atoms with Gasteiger partial charge in [0.2, 0.25) is 5.88 Å². The maximum atomic E-state index is 5.43. The van der Waals surface area contributed by atoms with Gasteiger partial charge in [-0.2, -0.15) is 0 Å². The quantitative estimate of drug-likeness (QED) is 0.871. The molecule has 1 aliphatic rings. The minimum Gasteiger partial charge on any atom is -0.357 e. The number of nitrogens with zero attached hydrogens (tertiary/aromatic N) is 1. The third-order valence-corrected chi connectivity index (χ3v) is 3.89. The van der Waals surface area contributed by atoms with Gasteiger partial charge in [0, 0.05) is 24.4 Å². The molecule has 0 spiro atoms. The van der Waals surface area contributed by atoms with E-state index < -0.39 is 0 Å². The molecule has 1 aromatic heterocycles. The number of nitrogens with one attached hydrogen (secondary N) is 1. The first-order valence-corrected chi connectivity index (χ1v) is 6.53. The van der Waals surface area contributed by atoms with Crippen molar-refractivity contribution in [3.05, 3.63) is 47.2 Å². The second-order valence-electron chi connectivity index (χ2n) is 5.00. The first-order chi connectivity index (χ1) is 8.81. The van der Waals surface area contributed by atoms with E-state index in [4.69, 9.17) is 4.52 Å². The summed E-state index contributed by atoms with van der Waals surface area (Å²) in [5.41, 5.74) is 3.73. The van der Waals surface area contributed by atoms with Crippen LogP contribution in [0.15, 0.2) is 34.9 Å². The number of benzene rings is 1. The Morgan fingerprint density at radius 3 is 2.72 bits per heavy atom. The second-order valence-corrected chi connectivity index (χ2v) is 5.00. The molecule has 3 nitrogen and oxygen atoms in total. The molecule has 2 unspecified atom stereocenters. The van der Waals surface area contributed by atoms with Crippen LogP contribution in [-0.2, 0) is 0 Å². The molecule has 0 aliphatic heterocycles. The minimum atomic E-state index is 0.408. The number of rotatable bonds is 2. The first-order valence-electron chi connectivity index (χ1n) is 6.53. The van der Waals surface area contributed by atoms with Gasteiger partial charge >= 0.3 is 0 Å². The van der Waals surface area contributed by atoms with Crippen LogP contribution in [0.1, 0.15) is 48.4 Å². The SMILES string of the molecule is CNc1onc2c1C(c1ccccc1)CCC2C. The maximum Gasteiger partial charge on any atom is 0.228 e. The van der Waals surface area contributed by atoms with Crippen molar-refractivity contribution in [3.63, 3.8) is 0 Å². The highest BCUT2D eigenvalue weighted by Gasteiger charge is 2.32. The Morgan fingerprint density at radius 1 is 1.22 bits per heavy atom. The number of hydrogen-bond donors (Lipinski definition) is 1. The fraction of sp³-hybridized carbons (Fsp3) is 0.400. The van der Waals surface area contributed by atoms with Gasteiger partial charge in [0.1, 0.15) is 0 Å². The van der Waals surface area contributed by atoms with Crippen molar-refractivity contribution < 1.29 is 4.52 Å². The van der Waals surface area contributed by atoms with Crippen molar-refractivity contribution in [1.29, 1.82) is 0 Å². The van der Waals surface area contributed by atoms with Gasteiger partial charge in [-0.25, -0.2) is 0 Å². The van der Waals surface area contributed by atoms with Crippen LogP contribution in [0.2, 0.25) is 0 Å². The Labute approximate surface area is 107 Å². The number of aromatic nitrogens is 1. The topological polar surface area (TPSA) is 38.1 Å². The maximum absolute atomic E-state index is 5.43. The lowest BCUT2D eigenvalue weighted by atomic mass is 9.77. The van der Waals surface area contributed by atoms with Crippen LogP contribution in [0, 0.1) is 0 Å². The summed E-state index contributed by atoms with van der Waals surface area (Å²) in [4.78, 5) is 0. The summed E-state index contributed by atoms with van der Waals surface area (Å²) in [7, 11) is 1.89. The van der Waals surface area contributed by atoms with Gasteiger partial charge < -0.3 is 9.84 Å². The predicted octanol–water partition coefficient (Wildman–Crippen LogP) is 3.75. The zero-order valence-corrected chi connectivity index (χ0v) is 10.8. The number of hydrogen-bond acceptors (Lipinski definition) is 3. The van der Waals surface area contributed by atoms with E-state index >= 15 is 0 Å². The third kappa shape index (κ3) is 1.70. The summed E-state index contributed by atoms with van der Waals surface area (Å²) in [5, 5.41) is 7.37. The normalized spacial score (nSPS) is 22.6. The molecule has 1 aliphatic carbocycles. The molecule has 0 fully saturated rings. The first kappa shape index (κ1) is 11.3. The highest BCUT2D eigenvalue weighted by molar-refractivity contribution is 5.51. The van der Waals surface area contributed by atoms with Gasteiger partial charge in [0.05, 0.1) is 5.69 Å². The zero-order chi connectivity index (χ0) is 12.5. The largest absolute Gasteiger partial charge is 0.357 e. The highest BCUT2D eigenvalue weighted by atomic mass is 16.5. The summed E-state index contributed by atoms with van der Waals surface area (Å²) in [6.07, 6.45) is 2.33. The molecule has 0 radical (unpaired) electrons. The van der Waals surface area contributed by atoms with Crippen LogP contribution >= 0.6 is 0 Å². The second kappa shape index (κ2) is 4.48. The van der Waals surface area contributed by atoms with Gasteiger partial charge in [-0.3, -0.25) is 0 Å². The molecular formula is C15H18N2O. The van der Waals surface area contributed by atoms with E-state index in [9.17, 15) is 0 Å². The lowest BCUT2D eigenvalue weighted by molar-refractivity contribution is 0.416. The van der Waals surface area contributed by atoms with E-state index in [-0.39, 0.29) is 0 Å². The summed E-state index contributed by atoms with van der Waals surface area (Å²) < 4.78 is 5.43. The van der Waals surface area contributed by atoms with Crippen molar-refractivity contribution >= 4 is 5.88 Å². The van der Waals surface area contributed by atoms with Crippen LogP contribution in [0.5, 0.6) is 0 Å². The summed E-state index contributed by atoms with van der Waals surface area (Å²) in [5.74, 6) is 1.72. The molecule has 0 saturated heterocycles. The van der Waals surface area contributed by atoms with Crippen LogP contribution in [-0.4, -0.2) is 12.2 Å². The summed E-state index contributed by atoms with van der Waals surface area (Å²) in [6.45, 7) is 2.22. The molecule has 1 aromatic carbocycles. The van der Waals surface area contributed by atoms with Gasteiger partial charge in [0.25, 0.3) is 0 Å². The smallest absolute Gasteiger partial charge is 0.228 e. The summed E-state index contributed by atoms with van der Waals surface area (Å²) >= 11 is 0. The minimum absolute atomic E-state index is 0.408. The average molecular weight is 242 g/mol. The van der Waals surface area contributed by atoms with Gasteiger partial charge in [0.15, 0.2) is 0 Å². The van der Waals surface area contributed by atoms with Crippen molar-refractivity contribution in [3.8, 4) is 0 Å². The molecule has 0 saturated carbocycles. The van der Waals surface area contributed by atoms with E-state index in [0.29, 0.717) is 11.8 Å². The van der Waals surface area contributed by atoms with Crippen LogP contribution in [0.3, 0.4) is 0 Å². The molecule has 1 N–H and O–H groups in total. The van der Waals surface area contributed by atoms with Crippen LogP contribution in [0.4, 0.5) is 5.88 Å². The molecule has 94 valence electrons. The Morgan fingerprint density at radius 2 is 2.00 bits per heavy atom. The molecule has 1 heterocycles. The van der Waals surface area contributed by atoms with Gasteiger partial charge in [-0.1, -0.05) is 42.4 Å². The zero-order valence-electron chi connectivity index (χ0n) is 10.8. The van der Waals surface area contributed by atoms with Crippen molar-refractivity contribution in [1.82, 2.24) is 5.16 Å². The summed E-state index contributed by atoms with van der Waals surface area (Å²) in [6, 6.07) is 10.6. The predicted molar refractivity (Wildman–Crippen MR) is 72.0 cm³/mol. The van der Waals surface area contributed by atoms with Gasteiger partial charge in [-0.05, 0) is 18.4 Å². The van der Waals surface area contributed by atoms with Crippen molar-refractivity contribution in [2.24, 2.45) is 0 Å². The fourth-order valence-electron chi connectivity index (χ4n) is 2.90. The molecule has 18 heavy (non-hydrogen) atoms. The Kier molecular flexibility index (Phi) is 2.82. The monoisotopic (exact) mass is 242 g/mol. The standard InChI is InChI=1S/C15H18N2O/c1-10-8-9-12(11-6-4-3-5-7-11)13-14(10)17-18-15(13)16-2/h3-7,10,12,16H,8-9H2,1-2H3. The molecule has 2 atom stereocenters. The number of anilines is 1. The Hall–Kier alpha value is -1.77. The van der Waals surface area contributed by atoms with E-state index in [2.05, 4.69) is 47.7 Å². The third-order valence-electron chi connectivity index (χ3n) is 3.89. The molecule has 3 heteroatoms. The molecular weight excluding hydrogens is 224 g/mol. The van der Waals surface area contributed by atoms with E-state index in [0.717, 1.165) is 18.0 Å². The fourth-order valence-corrected chi connectivity index (χ4v) is 2.90.